The molecule has 0 bridgehead atoms. The summed E-state index contributed by atoms with van der Waals surface area (Å²) in [4.78, 5) is 22.9. The second-order valence-electron chi connectivity index (χ2n) is 4.96. The lowest BCUT2D eigenvalue weighted by molar-refractivity contribution is 0.0989. The van der Waals surface area contributed by atoms with Gasteiger partial charge in [-0.1, -0.05) is 0 Å². The summed E-state index contributed by atoms with van der Waals surface area (Å²) < 4.78 is 1.92. The fourth-order valence-corrected chi connectivity index (χ4v) is 2.93. The molecule has 0 aromatic carbocycles. The number of rotatable bonds is 3. The molecule has 0 atom stereocenters. The fourth-order valence-electron chi connectivity index (χ4n) is 2.39. The zero-order chi connectivity index (χ0) is 15.7. The van der Waals surface area contributed by atoms with Gasteiger partial charge in [0.15, 0.2) is 0 Å². The average molecular weight is 312 g/mol. The van der Waals surface area contributed by atoms with Crippen LogP contribution in [0.15, 0.2) is 48.0 Å². The van der Waals surface area contributed by atoms with E-state index in [0.29, 0.717) is 5.56 Å². The molecule has 3 rings (SSSR count). The number of anilines is 1. The first-order valence-corrected chi connectivity index (χ1v) is 8.04. The minimum Gasteiger partial charge on any atom is -0.310 e. The van der Waals surface area contributed by atoms with Gasteiger partial charge in [-0.15, -0.1) is 11.8 Å². The van der Waals surface area contributed by atoms with Crippen LogP contribution in [0.5, 0.6) is 0 Å². The fraction of sp³-hybridized carbons (Fsp3) is 0.188. The van der Waals surface area contributed by atoms with Gasteiger partial charge in [0, 0.05) is 31.8 Å². The number of amides is 1. The summed E-state index contributed by atoms with van der Waals surface area (Å²) in [7, 11) is 1.77. The molecule has 0 N–H and O–H groups in total. The van der Waals surface area contributed by atoms with Crippen LogP contribution in [0.2, 0.25) is 0 Å². The van der Waals surface area contributed by atoms with E-state index in [2.05, 4.69) is 9.97 Å². The molecular weight excluding hydrogens is 296 g/mol. The van der Waals surface area contributed by atoms with Crippen LogP contribution in [0.1, 0.15) is 15.9 Å². The minimum absolute atomic E-state index is 0.0729. The van der Waals surface area contributed by atoms with E-state index in [-0.39, 0.29) is 5.91 Å². The Morgan fingerprint density at radius 1 is 1.32 bits per heavy atom. The lowest BCUT2D eigenvalue weighted by atomic mass is 10.2. The molecule has 0 spiro atoms. The van der Waals surface area contributed by atoms with Gasteiger partial charge in [-0.2, -0.15) is 0 Å². The third-order valence-electron chi connectivity index (χ3n) is 3.54. The molecule has 0 aliphatic rings. The van der Waals surface area contributed by atoms with E-state index in [1.54, 1.807) is 36.5 Å². The molecule has 1 amide bonds. The standard InChI is InChI=1S/C16H16N4OS/c1-11-9-12(10-20-8-7-17-14(11)20)19(2)16(21)13-5-4-6-18-15(13)22-3/h4-10H,1-3H3. The van der Waals surface area contributed by atoms with Crippen molar-refractivity contribution < 1.29 is 4.79 Å². The molecule has 0 unspecified atom stereocenters. The van der Waals surface area contributed by atoms with Crippen LogP contribution >= 0.6 is 11.8 Å². The third kappa shape index (κ3) is 2.46. The molecule has 0 fully saturated rings. The Morgan fingerprint density at radius 3 is 2.91 bits per heavy atom. The van der Waals surface area contributed by atoms with Crippen molar-refractivity contribution in [3.05, 3.63) is 54.1 Å². The highest BCUT2D eigenvalue weighted by molar-refractivity contribution is 7.98. The zero-order valence-corrected chi connectivity index (χ0v) is 13.5. The van der Waals surface area contributed by atoms with Crippen LogP contribution in [0.25, 0.3) is 5.65 Å². The van der Waals surface area contributed by atoms with Gasteiger partial charge in [0.1, 0.15) is 10.7 Å². The highest BCUT2D eigenvalue weighted by atomic mass is 32.2. The first kappa shape index (κ1) is 14.6. The Hall–Kier alpha value is -2.34. The van der Waals surface area contributed by atoms with Gasteiger partial charge in [-0.3, -0.25) is 4.79 Å². The van der Waals surface area contributed by atoms with E-state index < -0.39 is 0 Å². The number of pyridine rings is 2. The first-order valence-electron chi connectivity index (χ1n) is 6.82. The van der Waals surface area contributed by atoms with Crippen molar-refractivity contribution in [2.24, 2.45) is 0 Å². The summed E-state index contributed by atoms with van der Waals surface area (Å²) in [5.41, 5.74) is 3.36. The van der Waals surface area contributed by atoms with Gasteiger partial charge >= 0.3 is 0 Å². The van der Waals surface area contributed by atoms with Crippen molar-refractivity contribution >= 4 is 29.0 Å². The van der Waals surface area contributed by atoms with Crippen molar-refractivity contribution in [3.8, 4) is 0 Å². The molecule has 3 aromatic rings. The van der Waals surface area contributed by atoms with Crippen molar-refractivity contribution in [2.45, 2.75) is 11.9 Å². The molecule has 0 aliphatic heterocycles. The molecule has 22 heavy (non-hydrogen) atoms. The number of fused-ring (bicyclic) bond motifs is 1. The van der Waals surface area contributed by atoms with Crippen LogP contribution in [-0.2, 0) is 0 Å². The molecule has 5 nitrogen and oxygen atoms in total. The highest BCUT2D eigenvalue weighted by Crippen LogP contribution is 2.23. The Kier molecular flexibility index (Phi) is 3.85. The SMILES string of the molecule is CSc1ncccc1C(=O)N(C)c1cc(C)c2nccn2c1. The number of hydrogen-bond acceptors (Lipinski definition) is 4. The van der Waals surface area contributed by atoms with Crippen LogP contribution in [0, 0.1) is 6.92 Å². The average Bonchev–Trinajstić information content (AvgIpc) is 3.02. The van der Waals surface area contributed by atoms with Crippen LogP contribution in [-0.4, -0.2) is 33.6 Å². The van der Waals surface area contributed by atoms with Crippen molar-refractivity contribution in [3.63, 3.8) is 0 Å². The summed E-state index contributed by atoms with van der Waals surface area (Å²) >= 11 is 1.47. The van der Waals surface area contributed by atoms with Gasteiger partial charge in [-0.05, 0) is 36.9 Å². The van der Waals surface area contributed by atoms with E-state index in [9.17, 15) is 4.79 Å². The Morgan fingerprint density at radius 2 is 2.14 bits per heavy atom. The maximum Gasteiger partial charge on any atom is 0.260 e. The molecule has 3 heterocycles. The third-order valence-corrected chi connectivity index (χ3v) is 4.26. The molecule has 6 heteroatoms. The molecular formula is C16H16N4OS. The normalized spacial score (nSPS) is 10.9. The van der Waals surface area contributed by atoms with Crippen molar-refractivity contribution in [1.29, 1.82) is 0 Å². The Labute approximate surface area is 133 Å². The quantitative estimate of drug-likeness (QED) is 0.698. The lowest BCUT2D eigenvalue weighted by Gasteiger charge is -2.19. The molecule has 112 valence electrons. The van der Waals surface area contributed by atoms with Crippen LogP contribution in [0.3, 0.4) is 0 Å². The zero-order valence-electron chi connectivity index (χ0n) is 12.6. The van der Waals surface area contributed by atoms with E-state index in [0.717, 1.165) is 21.9 Å². The topological polar surface area (TPSA) is 50.5 Å². The monoisotopic (exact) mass is 312 g/mol. The van der Waals surface area contributed by atoms with Gasteiger partial charge in [0.2, 0.25) is 0 Å². The largest absolute Gasteiger partial charge is 0.310 e. The van der Waals surface area contributed by atoms with Crippen LogP contribution in [0.4, 0.5) is 5.69 Å². The summed E-state index contributed by atoms with van der Waals surface area (Å²) in [6.45, 7) is 1.99. The first-order chi connectivity index (χ1) is 10.6. The summed E-state index contributed by atoms with van der Waals surface area (Å²) in [5.74, 6) is -0.0729. The van der Waals surface area contributed by atoms with Crippen molar-refractivity contribution in [1.82, 2.24) is 14.4 Å². The maximum atomic E-state index is 12.8. The summed E-state index contributed by atoms with van der Waals surface area (Å²) in [5, 5.41) is 0.736. The molecule has 3 aromatic heterocycles. The second-order valence-corrected chi connectivity index (χ2v) is 5.76. The lowest BCUT2D eigenvalue weighted by Crippen LogP contribution is -2.27. The Balaban J connectivity index is 2.01. The van der Waals surface area contributed by atoms with Crippen LogP contribution < -0.4 is 4.90 Å². The molecule has 0 radical (unpaired) electrons. The van der Waals surface area contributed by atoms with E-state index in [1.807, 2.05) is 36.0 Å². The maximum absolute atomic E-state index is 12.8. The van der Waals surface area contributed by atoms with E-state index in [4.69, 9.17) is 0 Å². The number of imidazole rings is 1. The Bertz CT molecular complexity index is 843. The van der Waals surface area contributed by atoms with Gasteiger partial charge in [0.05, 0.1) is 11.3 Å². The summed E-state index contributed by atoms with van der Waals surface area (Å²) in [6.07, 6.45) is 9.15. The predicted molar refractivity (Wildman–Crippen MR) is 88.7 cm³/mol. The van der Waals surface area contributed by atoms with Gasteiger partial charge in [0.25, 0.3) is 5.91 Å². The number of carbonyl (C=O) groups is 1. The number of nitrogens with zero attached hydrogens (tertiary/aromatic N) is 4. The van der Waals surface area contributed by atoms with E-state index >= 15 is 0 Å². The smallest absolute Gasteiger partial charge is 0.260 e. The second kappa shape index (κ2) is 5.81. The molecule has 0 aliphatic carbocycles. The predicted octanol–water partition coefficient (Wildman–Crippen LogP) is 3.04. The van der Waals surface area contributed by atoms with Crippen molar-refractivity contribution in [2.75, 3.05) is 18.2 Å². The minimum atomic E-state index is -0.0729. The van der Waals surface area contributed by atoms with E-state index in [1.165, 1.54) is 11.8 Å². The number of aromatic nitrogens is 3. The summed E-state index contributed by atoms with van der Waals surface area (Å²) in [6, 6.07) is 5.56. The van der Waals surface area contributed by atoms with Gasteiger partial charge in [-0.25, -0.2) is 9.97 Å². The number of thioether (sulfide) groups is 1. The number of hydrogen-bond donors (Lipinski definition) is 0. The highest BCUT2D eigenvalue weighted by Gasteiger charge is 2.18. The molecule has 0 saturated carbocycles. The number of carbonyl (C=O) groups excluding carboxylic acids is 1. The molecule has 0 saturated heterocycles. The number of aryl methyl sites for hydroxylation is 1. The van der Waals surface area contributed by atoms with Gasteiger partial charge < -0.3 is 9.30 Å².